The predicted octanol–water partition coefficient (Wildman–Crippen LogP) is 2.66. The molecule has 1 fully saturated rings. The molecule has 0 atom stereocenters. The molecule has 8 heteroatoms. The van der Waals surface area contributed by atoms with Gasteiger partial charge < -0.3 is 4.18 Å². The molecule has 0 saturated heterocycles. The molecule has 2 rings (SSSR count). The summed E-state index contributed by atoms with van der Waals surface area (Å²) in [5.41, 5.74) is -5.10. The molecule has 1 aliphatic carbocycles. The van der Waals surface area contributed by atoms with Gasteiger partial charge in [0, 0.05) is 0 Å². The van der Waals surface area contributed by atoms with E-state index >= 15 is 0 Å². The summed E-state index contributed by atoms with van der Waals surface area (Å²) in [5.74, 6) is -0.382. The zero-order valence-electron chi connectivity index (χ0n) is 9.44. The van der Waals surface area contributed by atoms with E-state index in [2.05, 4.69) is 4.18 Å². The molecule has 0 aliphatic heterocycles. The summed E-state index contributed by atoms with van der Waals surface area (Å²) in [5, 5.41) is 8.76. The third-order valence-electron chi connectivity index (χ3n) is 2.66. The van der Waals surface area contributed by atoms with Gasteiger partial charge in [-0.05, 0) is 36.5 Å². The first kappa shape index (κ1) is 13.7. The molecule has 102 valence electrons. The van der Waals surface area contributed by atoms with Crippen molar-refractivity contribution in [3.05, 3.63) is 29.3 Å². The number of nitrogens with zero attached hydrogens (tertiary/aromatic N) is 1. The van der Waals surface area contributed by atoms with Crippen molar-refractivity contribution in [3.63, 3.8) is 0 Å². The maximum absolute atomic E-state index is 12.2. The van der Waals surface area contributed by atoms with E-state index in [4.69, 9.17) is 5.26 Å². The van der Waals surface area contributed by atoms with Crippen LogP contribution < -0.4 is 4.18 Å². The van der Waals surface area contributed by atoms with Gasteiger partial charge in [0.1, 0.15) is 6.07 Å². The summed E-state index contributed by atoms with van der Waals surface area (Å²) in [6, 6.07) is 5.62. The highest BCUT2D eigenvalue weighted by molar-refractivity contribution is 7.88. The van der Waals surface area contributed by atoms with Crippen LogP contribution in [-0.2, 0) is 10.1 Å². The van der Waals surface area contributed by atoms with Crippen molar-refractivity contribution in [3.8, 4) is 11.8 Å². The summed E-state index contributed by atoms with van der Waals surface area (Å²) in [6.45, 7) is 0. The number of alkyl halides is 3. The SMILES string of the molecule is N#Cc1ccc(C2CC2)cc1OS(=O)(=O)C(F)(F)F. The van der Waals surface area contributed by atoms with Gasteiger partial charge >= 0.3 is 15.6 Å². The van der Waals surface area contributed by atoms with Crippen LogP contribution in [0.2, 0.25) is 0 Å². The van der Waals surface area contributed by atoms with Gasteiger partial charge in [0.2, 0.25) is 0 Å². The van der Waals surface area contributed by atoms with E-state index in [9.17, 15) is 21.6 Å². The number of rotatable bonds is 3. The molecule has 0 radical (unpaired) electrons. The van der Waals surface area contributed by atoms with Gasteiger partial charge in [-0.2, -0.15) is 26.9 Å². The van der Waals surface area contributed by atoms with Crippen LogP contribution in [0.4, 0.5) is 13.2 Å². The minimum atomic E-state index is -5.76. The minimum absolute atomic E-state index is 0.198. The van der Waals surface area contributed by atoms with Crippen molar-refractivity contribution >= 4 is 10.1 Å². The second-order valence-corrected chi connectivity index (χ2v) is 5.66. The summed E-state index contributed by atoms with van der Waals surface area (Å²) in [7, 11) is -5.76. The second-order valence-electron chi connectivity index (χ2n) is 4.12. The third kappa shape index (κ3) is 2.81. The predicted molar refractivity (Wildman–Crippen MR) is 58.7 cm³/mol. The molecule has 0 spiro atoms. The normalized spacial score (nSPS) is 15.9. The van der Waals surface area contributed by atoms with Gasteiger partial charge in [-0.15, -0.1) is 0 Å². The molecule has 0 amide bonds. The third-order valence-corrected chi connectivity index (χ3v) is 3.62. The van der Waals surface area contributed by atoms with Crippen LogP contribution in [0.5, 0.6) is 5.75 Å². The van der Waals surface area contributed by atoms with Gasteiger partial charge in [0.05, 0.1) is 5.56 Å². The van der Waals surface area contributed by atoms with Crippen molar-refractivity contribution in [2.24, 2.45) is 0 Å². The maximum atomic E-state index is 12.2. The zero-order valence-corrected chi connectivity index (χ0v) is 10.3. The Balaban J connectivity index is 2.38. The number of hydrogen-bond acceptors (Lipinski definition) is 4. The van der Waals surface area contributed by atoms with E-state index in [0.29, 0.717) is 5.56 Å². The Morgan fingerprint density at radius 3 is 2.42 bits per heavy atom. The Morgan fingerprint density at radius 1 is 1.32 bits per heavy atom. The molecular formula is C11H8F3NO3S. The Morgan fingerprint density at radius 2 is 1.95 bits per heavy atom. The van der Waals surface area contributed by atoms with Gasteiger partial charge in [-0.1, -0.05) is 6.07 Å². The molecule has 0 heterocycles. The number of hydrogen-bond donors (Lipinski definition) is 0. The standard InChI is InChI=1S/C11H8F3NO3S/c12-11(13,14)19(16,17)18-10-5-8(7-1-2-7)3-4-9(10)6-15/h3-5,7H,1-2H2. The molecular weight excluding hydrogens is 283 g/mol. The fourth-order valence-electron chi connectivity index (χ4n) is 1.54. The van der Waals surface area contributed by atoms with E-state index in [1.807, 2.05) is 0 Å². The van der Waals surface area contributed by atoms with Crippen molar-refractivity contribution < 1.29 is 25.8 Å². The summed E-state index contributed by atoms with van der Waals surface area (Å²) < 4.78 is 62.6. The molecule has 1 aromatic carbocycles. The van der Waals surface area contributed by atoms with E-state index < -0.39 is 21.4 Å². The quantitative estimate of drug-likeness (QED) is 0.634. The second kappa shape index (κ2) is 4.42. The van der Waals surface area contributed by atoms with Gasteiger partial charge in [-0.25, -0.2) is 0 Å². The monoisotopic (exact) mass is 291 g/mol. The Bertz CT molecular complexity index is 642. The summed E-state index contributed by atoms with van der Waals surface area (Å²) in [4.78, 5) is 0. The largest absolute Gasteiger partial charge is 0.534 e. The molecule has 0 N–H and O–H groups in total. The lowest BCUT2D eigenvalue weighted by atomic mass is 10.1. The van der Waals surface area contributed by atoms with Crippen molar-refractivity contribution in [1.82, 2.24) is 0 Å². The molecule has 1 aromatic rings. The van der Waals surface area contributed by atoms with E-state index in [1.54, 1.807) is 12.1 Å². The first-order valence-electron chi connectivity index (χ1n) is 5.29. The topological polar surface area (TPSA) is 67.2 Å². The van der Waals surface area contributed by atoms with Crippen LogP contribution in [0, 0.1) is 11.3 Å². The highest BCUT2D eigenvalue weighted by Crippen LogP contribution is 2.42. The van der Waals surface area contributed by atoms with E-state index in [1.165, 1.54) is 12.1 Å². The van der Waals surface area contributed by atoms with Gasteiger partial charge in [0.15, 0.2) is 5.75 Å². The lowest BCUT2D eigenvalue weighted by molar-refractivity contribution is -0.0500. The van der Waals surface area contributed by atoms with Gasteiger partial charge in [0.25, 0.3) is 0 Å². The zero-order chi connectivity index (χ0) is 14.3. The molecule has 0 unspecified atom stereocenters. The summed E-state index contributed by atoms with van der Waals surface area (Å²) >= 11 is 0. The first-order valence-corrected chi connectivity index (χ1v) is 6.70. The van der Waals surface area contributed by atoms with Crippen LogP contribution in [0.1, 0.15) is 29.9 Å². The molecule has 4 nitrogen and oxygen atoms in total. The first-order chi connectivity index (χ1) is 8.74. The number of halogens is 3. The van der Waals surface area contributed by atoms with Crippen LogP contribution in [-0.4, -0.2) is 13.9 Å². The number of nitriles is 1. The highest BCUT2D eigenvalue weighted by Gasteiger charge is 2.48. The fourth-order valence-corrected chi connectivity index (χ4v) is 2.01. The highest BCUT2D eigenvalue weighted by atomic mass is 32.2. The van der Waals surface area contributed by atoms with Crippen molar-refractivity contribution in [2.45, 2.75) is 24.3 Å². The van der Waals surface area contributed by atoms with Gasteiger partial charge in [-0.3, -0.25) is 0 Å². The molecule has 19 heavy (non-hydrogen) atoms. The van der Waals surface area contributed by atoms with Crippen LogP contribution in [0.15, 0.2) is 18.2 Å². The fraction of sp³-hybridized carbons (Fsp3) is 0.364. The molecule has 1 aliphatic rings. The molecule has 0 aromatic heterocycles. The maximum Gasteiger partial charge on any atom is 0.534 e. The number of benzene rings is 1. The summed E-state index contributed by atoms with van der Waals surface area (Å²) in [6.07, 6.45) is 1.77. The van der Waals surface area contributed by atoms with Crippen LogP contribution >= 0.6 is 0 Å². The Kier molecular flexibility index (Phi) is 3.18. The van der Waals surface area contributed by atoms with E-state index in [0.717, 1.165) is 12.8 Å². The minimum Gasteiger partial charge on any atom is -0.375 e. The van der Waals surface area contributed by atoms with Crippen LogP contribution in [0.25, 0.3) is 0 Å². The Labute approximate surface area is 107 Å². The lowest BCUT2D eigenvalue weighted by Gasteiger charge is -2.11. The Hall–Kier alpha value is -1.75. The van der Waals surface area contributed by atoms with Crippen molar-refractivity contribution in [2.75, 3.05) is 0 Å². The van der Waals surface area contributed by atoms with E-state index in [-0.39, 0.29) is 11.5 Å². The smallest absolute Gasteiger partial charge is 0.375 e. The average molecular weight is 291 g/mol. The molecule has 0 bridgehead atoms. The van der Waals surface area contributed by atoms with Crippen molar-refractivity contribution in [1.29, 1.82) is 5.26 Å². The molecule has 1 saturated carbocycles. The average Bonchev–Trinajstić information content (AvgIpc) is 3.10. The lowest BCUT2D eigenvalue weighted by Crippen LogP contribution is -2.28. The van der Waals surface area contributed by atoms with Crippen LogP contribution in [0.3, 0.4) is 0 Å².